The SMILES string of the molecule is CCOC(=O)c1c(C)nsc1NCC1(C)CCC1. The molecule has 1 heterocycles. The van der Waals surface area contributed by atoms with Gasteiger partial charge < -0.3 is 10.1 Å². The first-order valence-corrected chi connectivity index (χ1v) is 7.20. The number of aryl methyl sites for hydroxylation is 1. The van der Waals surface area contributed by atoms with E-state index in [4.69, 9.17) is 4.74 Å². The van der Waals surface area contributed by atoms with Crippen LogP contribution in [-0.2, 0) is 4.74 Å². The molecule has 0 spiro atoms. The van der Waals surface area contributed by atoms with Gasteiger partial charge in [-0.3, -0.25) is 0 Å². The van der Waals surface area contributed by atoms with E-state index in [1.54, 1.807) is 0 Å². The van der Waals surface area contributed by atoms with Crippen molar-refractivity contribution in [1.82, 2.24) is 4.37 Å². The molecule has 0 aliphatic heterocycles. The van der Waals surface area contributed by atoms with Gasteiger partial charge in [-0.25, -0.2) is 4.79 Å². The monoisotopic (exact) mass is 268 g/mol. The van der Waals surface area contributed by atoms with E-state index < -0.39 is 0 Å². The summed E-state index contributed by atoms with van der Waals surface area (Å²) in [7, 11) is 0. The van der Waals surface area contributed by atoms with Gasteiger partial charge in [-0.05, 0) is 43.6 Å². The second kappa shape index (κ2) is 5.26. The third-order valence-electron chi connectivity index (χ3n) is 3.58. The largest absolute Gasteiger partial charge is 0.462 e. The summed E-state index contributed by atoms with van der Waals surface area (Å²) in [6.45, 7) is 7.24. The van der Waals surface area contributed by atoms with E-state index in [1.807, 2.05) is 13.8 Å². The van der Waals surface area contributed by atoms with Crippen LogP contribution in [0.25, 0.3) is 0 Å². The number of carbonyl (C=O) groups excluding carboxylic acids is 1. The summed E-state index contributed by atoms with van der Waals surface area (Å²) in [4.78, 5) is 11.9. The average Bonchev–Trinajstić information content (AvgIpc) is 2.66. The molecule has 1 aliphatic carbocycles. The molecule has 4 nitrogen and oxygen atoms in total. The Morgan fingerprint density at radius 2 is 2.28 bits per heavy atom. The van der Waals surface area contributed by atoms with Crippen LogP contribution in [0.5, 0.6) is 0 Å². The van der Waals surface area contributed by atoms with E-state index in [1.165, 1.54) is 30.8 Å². The van der Waals surface area contributed by atoms with E-state index in [0.717, 1.165) is 17.2 Å². The predicted molar refractivity (Wildman–Crippen MR) is 73.3 cm³/mol. The van der Waals surface area contributed by atoms with Crippen LogP contribution in [0.3, 0.4) is 0 Å². The number of nitrogens with one attached hydrogen (secondary N) is 1. The van der Waals surface area contributed by atoms with Gasteiger partial charge in [0.25, 0.3) is 0 Å². The van der Waals surface area contributed by atoms with Gasteiger partial charge in [0.05, 0.1) is 12.3 Å². The Kier molecular flexibility index (Phi) is 3.90. The molecule has 0 bridgehead atoms. The Morgan fingerprint density at radius 3 is 2.83 bits per heavy atom. The maximum atomic E-state index is 11.9. The Hall–Kier alpha value is -1.10. The second-order valence-corrected chi connectivity index (χ2v) is 5.98. The molecule has 0 atom stereocenters. The fourth-order valence-electron chi connectivity index (χ4n) is 2.18. The minimum atomic E-state index is -0.273. The van der Waals surface area contributed by atoms with Crippen LogP contribution in [0.2, 0.25) is 0 Å². The van der Waals surface area contributed by atoms with Gasteiger partial charge in [0, 0.05) is 6.54 Å². The van der Waals surface area contributed by atoms with Crippen LogP contribution < -0.4 is 5.32 Å². The number of rotatable bonds is 5. The summed E-state index contributed by atoms with van der Waals surface area (Å²) in [5.41, 5.74) is 1.73. The highest BCUT2D eigenvalue weighted by atomic mass is 32.1. The van der Waals surface area contributed by atoms with Crippen molar-refractivity contribution >= 4 is 22.5 Å². The topological polar surface area (TPSA) is 51.2 Å². The van der Waals surface area contributed by atoms with Crippen LogP contribution in [0, 0.1) is 12.3 Å². The molecule has 2 rings (SSSR count). The molecular formula is C13H20N2O2S. The molecule has 1 aliphatic rings. The van der Waals surface area contributed by atoms with Crippen molar-refractivity contribution in [2.24, 2.45) is 5.41 Å². The number of hydrogen-bond donors (Lipinski definition) is 1. The quantitative estimate of drug-likeness (QED) is 0.833. The second-order valence-electron chi connectivity index (χ2n) is 5.21. The zero-order valence-electron chi connectivity index (χ0n) is 11.2. The third-order valence-corrected chi connectivity index (χ3v) is 4.47. The fourth-order valence-corrected chi connectivity index (χ4v) is 2.96. The Labute approximate surface area is 112 Å². The minimum absolute atomic E-state index is 0.273. The number of esters is 1. The molecule has 1 aromatic heterocycles. The van der Waals surface area contributed by atoms with Crippen molar-refractivity contribution in [2.75, 3.05) is 18.5 Å². The molecule has 0 amide bonds. The van der Waals surface area contributed by atoms with Crippen LogP contribution in [0.15, 0.2) is 0 Å². The van der Waals surface area contributed by atoms with Crippen molar-refractivity contribution in [3.05, 3.63) is 11.3 Å². The molecule has 100 valence electrons. The number of carbonyl (C=O) groups is 1. The van der Waals surface area contributed by atoms with Gasteiger partial charge in [0.1, 0.15) is 10.6 Å². The first-order valence-electron chi connectivity index (χ1n) is 6.43. The van der Waals surface area contributed by atoms with E-state index in [9.17, 15) is 4.79 Å². The number of ether oxygens (including phenoxy) is 1. The molecular weight excluding hydrogens is 248 g/mol. The van der Waals surface area contributed by atoms with Gasteiger partial charge in [0.2, 0.25) is 0 Å². The highest BCUT2D eigenvalue weighted by Gasteiger charge is 2.32. The number of anilines is 1. The van der Waals surface area contributed by atoms with Crippen LogP contribution >= 0.6 is 11.5 Å². The molecule has 1 fully saturated rings. The zero-order chi connectivity index (χ0) is 13.2. The zero-order valence-corrected chi connectivity index (χ0v) is 12.0. The minimum Gasteiger partial charge on any atom is -0.462 e. The van der Waals surface area contributed by atoms with Gasteiger partial charge >= 0.3 is 5.97 Å². The summed E-state index contributed by atoms with van der Waals surface area (Å²) in [6.07, 6.45) is 3.82. The average molecular weight is 268 g/mol. The Balaban J connectivity index is 2.06. The molecule has 5 heteroatoms. The van der Waals surface area contributed by atoms with Crippen molar-refractivity contribution in [3.8, 4) is 0 Å². The van der Waals surface area contributed by atoms with Crippen LogP contribution in [-0.4, -0.2) is 23.5 Å². The lowest BCUT2D eigenvalue weighted by Gasteiger charge is -2.38. The first kappa shape index (κ1) is 13.3. The number of aromatic nitrogens is 1. The molecule has 1 aromatic rings. The normalized spacial score (nSPS) is 17.1. The highest BCUT2D eigenvalue weighted by Crippen LogP contribution is 2.40. The summed E-state index contributed by atoms with van der Waals surface area (Å²) in [5, 5.41) is 4.22. The van der Waals surface area contributed by atoms with Gasteiger partial charge in [-0.2, -0.15) is 4.37 Å². The number of hydrogen-bond acceptors (Lipinski definition) is 5. The summed E-state index contributed by atoms with van der Waals surface area (Å²) in [5.74, 6) is -0.273. The van der Waals surface area contributed by atoms with Crippen molar-refractivity contribution < 1.29 is 9.53 Å². The van der Waals surface area contributed by atoms with Gasteiger partial charge in [0.15, 0.2) is 0 Å². The fraction of sp³-hybridized carbons (Fsp3) is 0.692. The van der Waals surface area contributed by atoms with Crippen LogP contribution in [0.1, 0.15) is 49.2 Å². The standard InChI is InChI=1S/C13H20N2O2S/c1-4-17-12(16)10-9(2)15-18-11(10)14-8-13(3)6-5-7-13/h14H,4-8H2,1-3H3. The smallest absolute Gasteiger partial charge is 0.343 e. The Morgan fingerprint density at radius 1 is 1.56 bits per heavy atom. The lowest BCUT2D eigenvalue weighted by molar-refractivity contribution is 0.0526. The van der Waals surface area contributed by atoms with E-state index in [0.29, 0.717) is 17.6 Å². The molecule has 0 saturated heterocycles. The molecule has 0 radical (unpaired) electrons. The lowest BCUT2D eigenvalue weighted by Crippen LogP contribution is -2.33. The molecule has 0 aromatic carbocycles. The van der Waals surface area contributed by atoms with Crippen molar-refractivity contribution in [2.45, 2.75) is 40.0 Å². The van der Waals surface area contributed by atoms with Crippen molar-refractivity contribution in [1.29, 1.82) is 0 Å². The van der Waals surface area contributed by atoms with Crippen molar-refractivity contribution in [3.63, 3.8) is 0 Å². The summed E-state index contributed by atoms with van der Waals surface area (Å²) in [6, 6.07) is 0. The van der Waals surface area contributed by atoms with E-state index in [2.05, 4.69) is 16.6 Å². The third kappa shape index (κ3) is 2.66. The number of nitrogens with zero attached hydrogens (tertiary/aromatic N) is 1. The lowest BCUT2D eigenvalue weighted by atomic mass is 9.70. The van der Waals surface area contributed by atoms with E-state index in [-0.39, 0.29) is 5.97 Å². The molecule has 1 N–H and O–H groups in total. The van der Waals surface area contributed by atoms with Gasteiger partial charge in [-0.15, -0.1) is 0 Å². The molecule has 0 unspecified atom stereocenters. The predicted octanol–water partition coefficient (Wildman–Crippen LogP) is 3.23. The van der Waals surface area contributed by atoms with Gasteiger partial charge in [-0.1, -0.05) is 13.3 Å². The van der Waals surface area contributed by atoms with Crippen LogP contribution in [0.4, 0.5) is 5.00 Å². The maximum Gasteiger partial charge on any atom is 0.343 e. The molecule has 18 heavy (non-hydrogen) atoms. The summed E-state index contributed by atoms with van der Waals surface area (Å²) >= 11 is 1.34. The molecule has 1 saturated carbocycles. The first-order chi connectivity index (χ1) is 8.56. The summed E-state index contributed by atoms with van der Waals surface area (Å²) < 4.78 is 9.31. The Bertz CT molecular complexity index is 438. The van der Waals surface area contributed by atoms with E-state index >= 15 is 0 Å². The highest BCUT2D eigenvalue weighted by molar-refractivity contribution is 7.10. The maximum absolute atomic E-state index is 11.9.